The summed E-state index contributed by atoms with van der Waals surface area (Å²) in [6.07, 6.45) is 2.93. The van der Waals surface area contributed by atoms with Crippen LogP contribution in [0.4, 0.5) is 0 Å². The SMILES string of the molecule is C/C(=C\c1c(C)c2c(c(C)c1CC(=O)O)CN(C=O)C2)c1ccccc1. The standard InChI is InChI=1S/C22H23NO3/c1-14(17-7-5-4-6-8-17)9-18-15(2)20-11-23(13-24)12-21(20)16(3)19(18)10-22(25)26/h4-9,13H,10-12H2,1-3H3,(H,25,26)/b14-9+. The zero-order valence-corrected chi connectivity index (χ0v) is 15.4. The number of fused-ring (bicyclic) bond motifs is 1. The van der Waals surface area contributed by atoms with Crippen molar-refractivity contribution in [1.29, 1.82) is 0 Å². The molecule has 4 heteroatoms. The quantitative estimate of drug-likeness (QED) is 0.656. The highest BCUT2D eigenvalue weighted by Gasteiger charge is 2.26. The second-order valence-electron chi connectivity index (χ2n) is 6.87. The minimum absolute atomic E-state index is 0.0189. The summed E-state index contributed by atoms with van der Waals surface area (Å²) in [4.78, 5) is 24.4. The highest BCUT2D eigenvalue weighted by Crippen LogP contribution is 2.35. The first kappa shape index (κ1) is 17.9. The van der Waals surface area contributed by atoms with Crippen LogP contribution in [0, 0.1) is 13.8 Å². The van der Waals surface area contributed by atoms with Crippen molar-refractivity contribution in [2.75, 3.05) is 0 Å². The monoisotopic (exact) mass is 349 g/mol. The molecule has 1 heterocycles. The van der Waals surface area contributed by atoms with Crippen molar-refractivity contribution >= 4 is 24.0 Å². The molecule has 0 aliphatic carbocycles. The number of nitrogens with zero attached hydrogens (tertiary/aromatic N) is 1. The average Bonchev–Trinajstić information content (AvgIpc) is 3.08. The summed E-state index contributed by atoms with van der Waals surface area (Å²) < 4.78 is 0. The molecular weight excluding hydrogens is 326 g/mol. The van der Waals surface area contributed by atoms with Crippen LogP contribution in [0.1, 0.15) is 45.9 Å². The smallest absolute Gasteiger partial charge is 0.307 e. The normalized spacial score (nSPS) is 13.7. The van der Waals surface area contributed by atoms with Crippen LogP contribution in [0.2, 0.25) is 0 Å². The molecule has 2 aromatic rings. The number of carboxylic acids is 1. The Hall–Kier alpha value is -2.88. The van der Waals surface area contributed by atoms with Gasteiger partial charge in [-0.2, -0.15) is 0 Å². The number of allylic oxidation sites excluding steroid dienone is 1. The zero-order valence-electron chi connectivity index (χ0n) is 15.4. The second-order valence-corrected chi connectivity index (χ2v) is 6.87. The van der Waals surface area contributed by atoms with Gasteiger partial charge in [-0.25, -0.2) is 0 Å². The molecule has 0 bridgehead atoms. The van der Waals surface area contributed by atoms with Gasteiger partial charge in [0.15, 0.2) is 0 Å². The van der Waals surface area contributed by atoms with Gasteiger partial charge in [0, 0.05) is 13.1 Å². The van der Waals surface area contributed by atoms with Crippen LogP contribution in [0.25, 0.3) is 11.6 Å². The second kappa shape index (κ2) is 7.16. The van der Waals surface area contributed by atoms with Crippen LogP contribution in [0.3, 0.4) is 0 Å². The summed E-state index contributed by atoms with van der Waals surface area (Å²) in [5.74, 6) is -0.843. The number of benzene rings is 2. The molecule has 134 valence electrons. The summed E-state index contributed by atoms with van der Waals surface area (Å²) in [6, 6.07) is 10.1. The number of amides is 1. The Labute approximate surface area is 153 Å². The average molecular weight is 349 g/mol. The van der Waals surface area contributed by atoms with E-state index < -0.39 is 5.97 Å². The molecule has 4 nitrogen and oxygen atoms in total. The predicted octanol–water partition coefficient (Wildman–Crippen LogP) is 3.96. The van der Waals surface area contributed by atoms with Gasteiger partial charge in [-0.05, 0) is 65.3 Å². The van der Waals surface area contributed by atoms with E-state index in [1.54, 1.807) is 4.90 Å². The molecule has 0 unspecified atom stereocenters. The van der Waals surface area contributed by atoms with Crippen molar-refractivity contribution in [3.8, 4) is 0 Å². The zero-order chi connectivity index (χ0) is 18.8. The summed E-state index contributed by atoms with van der Waals surface area (Å²) >= 11 is 0. The first-order valence-electron chi connectivity index (χ1n) is 8.71. The molecule has 1 amide bonds. The lowest BCUT2D eigenvalue weighted by Gasteiger charge is -2.18. The molecule has 0 radical (unpaired) electrons. The molecule has 0 aromatic heterocycles. The first-order chi connectivity index (χ1) is 12.4. The van der Waals surface area contributed by atoms with Crippen LogP contribution in [0.15, 0.2) is 30.3 Å². The van der Waals surface area contributed by atoms with E-state index in [1.165, 1.54) is 0 Å². The van der Waals surface area contributed by atoms with Gasteiger partial charge in [0.25, 0.3) is 0 Å². The molecule has 0 fully saturated rings. The Kier molecular flexibility index (Phi) is 4.94. The lowest BCUT2D eigenvalue weighted by atomic mass is 9.86. The van der Waals surface area contributed by atoms with Crippen LogP contribution in [-0.4, -0.2) is 22.4 Å². The van der Waals surface area contributed by atoms with Crippen LogP contribution >= 0.6 is 0 Å². The van der Waals surface area contributed by atoms with Crippen LogP contribution < -0.4 is 0 Å². The fourth-order valence-corrected chi connectivity index (χ4v) is 3.77. The number of hydrogen-bond donors (Lipinski definition) is 1. The highest BCUT2D eigenvalue weighted by molar-refractivity contribution is 5.85. The molecule has 2 aromatic carbocycles. The Morgan fingerprint density at radius 1 is 1.12 bits per heavy atom. The minimum Gasteiger partial charge on any atom is -0.481 e. The van der Waals surface area contributed by atoms with Crippen LogP contribution in [-0.2, 0) is 29.1 Å². The number of carbonyl (C=O) groups excluding carboxylic acids is 1. The van der Waals surface area contributed by atoms with E-state index in [4.69, 9.17) is 0 Å². The molecule has 1 aliphatic heterocycles. The van der Waals surface area contributed by atoms with E-state index in [1.807, 2.05) is 51.1 Å². The lowest BCUT2D eigenvalue weighted by Crippen LogP contribution is -2.13. The summed E-state index contributed by atoms with van der Waals surface area (Å²) in [5, 5.41) is 9.42. The van der Waals surface area contributed by atoms with E-state index in [2.05, 4.69) is 6.08 Å². The first-order valence-corrected chi connectivity index (χ1v) is 8.71. The van der Waals surface area contributed by atoms with Crippen molar-refractivity contribution < 1.29 is 14.7 Å². The molecular formula is C22H23NO3. The Bertz CT molecular complexity index is 898. The van der Waals surface area contributed by atoms with E-state index >= 15 is 0 Å². The van der Waals surface area contributed by atoms with Crippen molar-refractivity contribution in [1.82, 2.24) is 4.90 Å². The Balaban J connectivity index is 2.19. The molecule has 0 atom stereocenters. The van der Waals surface area contributed by atoms with Crippen LogP contribution in [0.5, 0.6) is 0 Å². The van der Waals surface area contributed by atoms with Gasteiger partial charge in [-0.3, -0.25) is 9.59 Å². The number of aliphatic carboxylic acids is 1. The maximum atomic E-state index is 11.5. The lowest BCUT2D eigenvalue weighted by molar-refractivity contribution is -0.136. The maximum Gasteiger partial charge on any atom is 0.307 e. The number of carbonyl (C=O) groups is 2. The van der Waals surface area contributed by atoms with Crippen molar-refractivity contribution in [2.45, 2.75) is 40.3 Å². The van der Waals surface area contributed by atoms with Crippen molar-refractivity contribution in [3.63, 3.8) is 0 Å². The van der Waals surface area contributed by atoms with Gasteiger partial charge in [0.2, 0.25) is 6.41 Å². The fourth-order valence-electron chi connectivity index (χ4n) is 3.77. The number of carboxylic acid groups (broad SMARTS) is 1. The largest absolute Gasteiger partial charge is 0.481 e. The molecule has 1 N–H and O–H groups in total. The van der Waals surface area contributed by atoms with E-state index in [0.717, 1.165) is 50.9 Å². The van der Waals surface area contributed by atoms with Gasteiger partial charge >= 0.3 is 5.97 Å². The van der Waals surface area contributed by atoms with Gasteiger partial charge in [0.05, 0.1) is 6.42 Å². The molecule has 26 heavy (non-hydrogen) atoms. The van der Waals surface area contributed by atoms with Gasteiger partial charge < -0.3 is 10.0 Å². The van der Waals surface area contributed by atoms with Crippen molar-refractivity contribution in [3.05, 3.63) is 69.3 Å². The Morgan fingerprint density at radius 2 is 1.73 bits per heavy atom. The highest BCUT2D eigenvalue weighted by atomic mass is 16.4. The molecule has 0 saturated carbocycles. The van der Waals surface area contributed by atoms with Gasteiger partial charge in [0.1, 0.15) is 0 Å². The summed E-state index contributed by atoms with van der Waals surface area (Å²) in [6.45, 7) is 7.19. The third-order valence-electron chi connectivity index (χ3n) is 5.24. The summed E-state index contributed by atoms with van der Waals surface area (Å²) in [5.41, 5.74) is 8.32. The Morgan fingerprint density at radius 3 is 2.31 bits per heavy atom. The molecule has 1 aliphatic rings. The third kappa shape index (κ3) is 3.27. The molecule has 0 spiro atoms. The minimum atomic E-state index is -0.843. The topological polar surface area (TPSA) is 57.6 Å². The number of rotatable bonds is 5. The van der Waals surface area contributed by atoms with Gasteiger partial charge in [-0.1, -0.05) is 36.4 Å². The van der Waals surface area contributed by atoms with Crippen molar-refractivity contribution in [2.24, 2.45) is 0 Å². The fraction of sp³-hybridized carbons (Fsp3) is 0.273. The summed E-state index contributed by atoms with van der Waals surface area (Å²) in [7, 11) is 0. The van der Waals surface area contributed by atoms with E-state index in [-0.39, 0.29) is 6.42 Å². The van der Waals surface area contributed by atoms with E-state index in [9.17, 15) is 14.7 Å². The molecule has 0 saturated heterocycles. The predicted molar refractivity (Wildman–Crippen MR) is 103 cm³/mol. The van der Waals surface area contributed by atoms with E-state index in [0.29, 0.717) is 13.1 Å². The third-order valence-corrected chi connectivity index (χ3v) is 5.24. The molecule has 3 rings (SSSR count). The van der Waals surface area contributed by atoms with Gasteiger partial charge in [-0.15, -0.1) is 0 Å². The maximum absolute atomic E-state index is 11.5. The number of hydrogen-bond acceptors (Lipinski definition) is 2.